The van der Waals surface area contributed by atoms with Crippen LogP contribution in [0.15, 0.2) is 12.2 Å². The van der Waals surface area contributed by atoms with Gasteiger partial charge in [-0.3, -0.25) is 9.59 Å². The number of aliphatic hydroxyl groups excluding tert-OH is 1. The number of aliphatic hydroxyl groups is 2. The predicted octanol–water partition coefficient (Wildman–Crippen LogP) is 2.46. The second-order valence-electron chi connectivity index (χ2n) is 14.0. The Morgan fingerprint density at radius 3 is 2.39 bits per heavy atom. The molecule has 0 spiro atoms. The molecule has 3 aliphatic rings. The predicted molar refractivity (Wildman–Crippen MR) is 166 cm³/mol. The monoisotopic (exact) mass is 626 g/mol. The van der Waals surface area contributed by atoms with E-state index in [1.54, 1.807) is 13.8 Å². The molecule has 13 atom stereocenters. The maximum Gasteiger partial charge on any atom is 0.316 e. The summed E-state index contributed by atoms with van der Waals surface area (Å²) in [5, 5.41) is 26.7. The number of hydrogen-bond acceptors (Lipinski definition) is 11. The van der Waals surface area contributed by atoms with Gasteiger partial charge in [0.2, 0.25) is 0 Å². The third-order valence-electron chi connectivity index (χ3n) is 9.74. The minimum Gasteiger partial charge on any atom is -0.459 e. The molecule has 2 bridgehead atoms. The van der Waals surface area contributed by atoms with Crippen LogP contribution in [-0.2, 0) is 33.3 Å². The highest BCUT2D eigenvalue weighted by Gasteiger charge is 2.50. The van der Waals surface area contributed by atoms with Gasteiger partial charge in [0.1, 0.15) is 29.8 Å². The molecule has 44 heavy (non-hydrogen) atoms. The van der Waals surface area contributed by atoms with Crippen molar-refractivity contribution < 1.29 is 43.5 Å². The number of Topliss-reactive ketones (excluding diaryl/α,β-unsaturated/α-hetero) is 1. The lowest BCUT2D eigenvalue weighted by atomic mass is 9.78. The number of likely N-dealkylation sites (N-methyl/N-ethyl adjacent to an activating group) is 1. The number of fused-ring (bicyclic) bond motifs is 6. The first-order valence-corrected chi connectivity index (χ1v) is 16.3. The van der Waals surface area contributed by atoms with Gasteiger partial charge in [-0.25, -0.2) is 0 Å². The van der Waals surface area contributed by atoms with Crippen molar-refractivity contribution in [1.29, 1.82) is 0 Å². The van der Waals surface area contributed by atoms with Gasteiger partial charge >= 0.3 is 5.97 Å². The number of carbonyl (C=O) groups is 2. The Hall–Kier alpha value is -1.44. The van der Waals surface area contributed by atoms with Crippen LogP contribution in [0, 0.1) is 17.8 Å². The number of nitrogens with one attached hydrogen (secondary N) is 1. The van der Waals surface area contributed by atoms with Crippen LogP contribution < -0.4 is 5.32 Å². The zero-order chi connectivity index (χ0) is 33.0. The van der Waals surface area contributed by atoms with Crippen LogP contribution in [0.2, 0.25) is 0 Å². The van der Waals surface area contributed by atoms with Crippen molar-refractivity contribution in [2.75, 3.05) is 33.9 Å². The number of nitrogens with zero attached hydrogens (tertiary/aromatic N) is 1. The van der Waals surface area contributed by atoms with Crippen LogP contribution in [0.4, 0.5) is 0 Å². The van der Waals surface area contributed by atoms with Crippen LogP contribution in [0.1, 0.15) is 74.7 Å². The normalized spacial score (nSPS) is 46.2. The third kappa shape index (κ3) is 8.47. The number of esters is 1. The Morgan fingerprint density at radius 1 is 1.09 bits per heavy atom. The molecule has 3 heterocycles. The molecule has 0 saturated carbocycles. The molecule has 0 aromatic carbocycles. The summed E-state index contributed by atoms with van der Waals surface area (Å²) in [5.74, 6) is -3.03. The van der Waals surface area contributed by atoms with E-state index in [1.165, 1.54) is 6.92 Å². The van der Waals surface area contributed by atoms with Gasteiger partial charge in [0.15, 0.2) is 12.1 Å². The number of hydrogen-bond donors (Lipinski definition) is 3. The van der Waals surface area contributed by atoms with E-state index >= 15 is 0 Å². The fraction of sp³-hybridized carbons (Fsp3) is 0.879. The largest absolute Gasteiger partial charge is 0.459 e. The zero-order valence-corrected chi connectivity index (χ0v) is 28.4. The lowest BCUT2D eigenvalue weighted by Crippen LogP contribution is -2.60. The molecule has 2 fully saturated rings. The van der Waals surface area contributed by atoms with E-state index in [0.29, 0.717) is 25.8 Å². The van der Waals surface area contributed by atoms with Crippen molar-refractivity contribution in [3.63, 3.8) is 0 Å². The molecule has 3 rings (SSSR count). The summed E-state index contributed by atoms with van der Waals surface area (Å²) >= 11 is 0. The Morgan fingerprint density at radius 2 is 1.75 bits per heavy atom. The summed E-state index contributed by atoms with van der Waals surface area (Å²) in [5.41, 5.74) is -2.57. The number of carbonyl (C=O) groups excluding carboxylic acids is 2. The first-order chi connectivity index (χ1) is 20.5. The van der Waals surface area contributed by atoms with Crippen LogP contribution in [0.3, 0.4) is 0 Å². The molecular weight excluding hydrogens is 568 g/mol. The first kappa shape index (κ1) is 37.0. The van der Waals surface area contributed by atoms with Crippen LogP contribution in [0.25, 0.3) is 0 Å². The quantitative estimate of drug-likeness (QED) is 0.241. The molecule has 254 valence electrons. The third-order valence-corrected chi connectivity index (χ3v) is 9.74. The lowest BCUT2D eigenvalue weighted by molar-refractivity contribution is -0.296. The van der Waals surface area contributed by atoms with E-state index in [1.807, 2.05) is 58.8 Å². The van der Waals surface area contributed by atoms with E-state index in [2.05, 4.69) is 12.2 Å². The summed E-state index contributed by atoms with van der Waals surface area (Å²) in [6, 6.07) is -0.508. The highest BCUT2D eigenvalue weighted by Crippen LogP contribution is 2.37. The average Bonchev–Trinajstić information content (AvgIpc) is 2.96. The lowest BCUT2D eigenvalue weighted by Gasteiger charge is -2.47. The van der Waals surface area contributed by atoms with Gasteiger partial charge in [0.25, 0.3) is 0 Å². The average molecular weight is 627 g/mol. The standard InChI is InChI=1S/C33H58N2O9/c1-11-25-33(8,39)29-23(6)34-18-19(2)17-32(7,41-15-13-12-14-40-29)28(21(4)26(36)22(5)30(38)43-25)44-31-27(37)24(35(9)10)16-20(3)42-31/h12-13,19-25,27-29,31,34,37,39H,11,14-18H2,1-10H3/b13-12-/t19-,20-,21+,22?,23-,24+,25-,27-,28-,29+,31+,32-,33-/m1/s1. The highest BCUT2D eigenvalue weighted by molar-refractivity contribution is 6.00. The fourth-order valence-corrected chi connectivity index (χ4v) is 7.16. The molecule has 0 radical (unpaired) electrons. The minimum absolute atomic E-state index is 0.0410. The van der Waals surface area contributed by atoms with Gasteiger partial charge in [0, 0.05) is 18.0 Å². The van der Waals surface area contributed by atoms with Crippen molar-refractivity contribution in [2.45, 2.75) is 135 Å². The second kappa shape index (κ2) is 15.4. The molecule has 0 aromatic heterocycles. The summed E-state index contributed by atoms with van der Waals surface area (Å²) in [6.45, 7) is 15.6. The minimum atomic E-state index is -1.55. The van der Waals surface area contributed by atoms with Gasteiger partial charge < -0.3 is 44.1 Å². The van der Waals surface area contributed by atoms with Crippen molar-refractivity contribution in [2.24, 2.45) is 17.8 Å². The molecule has 0 amide bonds. The molecule has 11 heteroatoms. The highest BCUT2D eigenvalue weighted by atomic mass is 16.7. The maximum atomic E-state index is 14.1. The van der Waals surface area contributed by atoms with Crippen molar-refractivity contribution in [3.05, 3.63) is 12.2 Å². The molecule has 1 unspecified atom stereocenters. The van der Waals surface area contributed by atoms with Gasteiger partial charge in [-0.1, -0.05) is 32.9 Å². The summed E-state index contributed by atoms with van der Waals surface area (Å²) in [7, 11) is 3.81. The van der Waals surface area contributed by atoms with Gasteiger partial charge in [-0.05, 0) is 80.4 Å². The zero-order valence-electron chi connectivity index (χ0n) is 28.4. The molecule has 11 nitrogen and oxygen atoms in total. The maximum absolute atomic E-state index is 14.1. The molecule has 2 saturated heterocycles. The first-order valence-electron chi connectivity index (χ1n) is 16.3. The fourth-order valence-electron chi connectivity index (χ4n) is 7.16. The molecule has 0 aliphatic carbocycles. The summed E-state index contributed by atoms with van der Waals surface area (Å²) in [6.07, 6.45) is 0.460. The van der Waals surface area contributed by atoms with E-state index < -0.39 is 59.7 Å². The topological polar surface area (TPSA) is 136 Å². The van der Waals surface area contributed by atoms with Crippen LogP contribution in [0.5, 0.6) is 0 Å². The Labute approximate surface area is 263 Å². The van der Waals surface area contributed by atoms with Crippen LogP contribution in [-0.4, -0.2) is 121 Å². The smallest absolute Gasteiger partial charge is 0.316 e. The van der Waals surface area contributed by atoms with E-state index in [0.717, 1.165) is 0 Å². The number of rotatable bonds is 4. The second-order valence-corrected chi connectivity index (χ2v) is 14.0. The Balaban J connectivity index is 2.13. The Bertz CT molecular complexity index is 990. The number of cyclic esters (lactones) is 1. The van der Waals surface area contributed by atoms with Crippen LogP contribution >= 0.6 is 0 Å². The number of ether oxygens (including phenoxy) is 5. The molecular formula is C33H58N2O9. The Kier molecular flexibility index (Phi) is 13.0. The number of ketones is 1. The van der Waals surface area contributed by atoms with E-state index in [4.69, 9.17) is 23.7 Å². The van der Waals surface area contributed by atoms with Crippen molar-refractivity contribution in [3.8, 4) is 0 Å². The van der Waals surface area contributed by atoms with Crippen molar-refractivity contribution >= 4 is 11.8 Å². The van der Waals surface area contributed by atoms with Gasteiger partial charge in [0.05, 0.1) is 31.0 Å². The summed E-state index contributed by atoms with van der Waals surface area (Å²) < 4.78 is 31.5. The van der Waals surface area contributed by atoms with Crippen molar-refractivity contribution in [1.82, 2.24) is 10.2 Å². The van der Waals surface area contributed by atoms with E-state index in [9.17, 15) is 19.8 Å². The van der Waals surface area contributed by atoms with Gasteiger partial charge in [-0.15, -0.1) is 0 Å². The molecule has 3 aliphatic heterocycles. The molecule has 0 aromatic rings. The van der Waals surface area contributed by atoms with E-state index in [-0.39, 0.29) is 43.1 Å². The summed E-state index contributed by atoms with van der Waals surface area (Å²) in [4.78, 5) is 29.5. The molecule has 3 N–H and O–H groups in total. The van der Waals surface area contributed by atoms with Gasteiger partial charge in [-0.2, -0.15) is 0 Å². The SMILES string of the molecule is CC[C@H]1OC(=O)C(C)C(=O)[C@H](C)[C@@H](O[C@@H]2O[C@H](C)C[C@H](N(C)C)[C@H]2O)[C@@]2(C)C[C@@H](C)CN[C@H](C)[C@H](OC/C=C\CO2)[C@]1(C)O.